The molecule has 0 spiro atoms. The van der Waals surface area contributed by atoms with Crippen LogP contribution in [0, 0.1) is 11.3 Å². The molecule has 1 aromatic heterocycles. The highest BCUT2D eigenvalue weighted by molar-refractivity contribution is 7.91. The topological polar surface area (TPSA) is 192 Å². The molecular formula is C36H49N5O10S. The van der Waals surface area contributed by atoms with Crippen LogP contribution < -0.4 is 29.6 Å². The highest BCUT2D eigenvalue weighted by atomic mass is 32.2. The molecule has 5 atom stereocenters. The number of nitrogens with one attached hydrogen (secondary N) is 3. The molecule has 2 aliphatic carbocycles. The van der Waals surface area contributed by atoms with Crippen LogP contribution in [0.1, 0.15) is 67.2 Å². The summed E-state index contributed by atoms with van der Waals surface area (Å²) < 4.78 is 50.3. The fourth-order valence-corrected chi connectivity index (χ4v) is 7.71. The highest BCUT2D eigenvalue weighted by Crippen LogP contribution is 2.46. The Hall–Kier alpha value is -4.60. The van der Waals surface area contributed by atoms with Gasteiger partial charge in [-0.3, -0.25) is 19.1 Å². The van der Waals surface area contributed by atoms with E-state index >= 15 is 0 Å². The van der Waals surface area contributed by atoms with E-state index in [2.05, 4.69) is 26.9 Å². The zero-order valence-corrected chi connectivity index (χ0v) is 31.7. The minimum atomic E-state index is -3.91. The maximum absolute atomic E-state index is 14.5. The number of carbonyl (C=O) groups excluding carboxylic acids is 4. The predicted molar refractivity (Wildman–Crippen MR) is 191 cm³/mol. The molecule has 284 valence electrons. The van der Waals surface area contributed by atoms with Gasteiger partial charge in [0.1, 0.15) is 40.8 Å². The van der Waals surface area contributed by atoms with Crippen LogP contribution >= 0.6 is 0 Å². The summed E-state index contributed by atoms with van der Waals surface area (Å²) in [7, 11) is -0.848. The van der Waals surface area contributed by atoms with Gasteiger partial charge in [0, 0.05) is 23.1 Å². The third kappa shape index (κ3) is 8.21. The number of aromatic nitrogens is 1. The fourth-order valence-electron chi connectivity index (χ4n) is 6.35. The highest BCUT2D eigenvalue weighted by Gasteiger charge is 2.62. The van der Waals surface area contributed by atoms with Crippen LogP contribution in [-0.4, -0.2) is 97.5 Å². The summed E-state index contributed by atoms with van der Waals surface area (Å²) in [6, 6.07) is 2.98. The molecule has 1 saturated heterocycles. The van der Waals surface area contributed by atoms with Gasteiger partial charge >= 0.3 is 6.09 Å². The molecule has 2 aromatic rings. The first kappa shape index (κ1) is 38.6. The molecule has 4 amide bonds. The lowest BCUT2D eigenvalue weighted by Gasteiger charge is -2.36. The van der Waals surface area contributed by atoms with Gasteiger partial charge in [-0.15, -0.1) is 6.58 Å². The Morgan fingerprint density at radius 2 is 1.75 bits per heavy atom. The number of carbonyl (C=O) groups is 4. The summed E-state index contributed by atoms with van der Waals surface area (Å²) in [4.78, 5) is 60.9. The average molecular weight is 744 g/mol. The second-order valence-corrected chi connectivity index (χ2v) is 17.6. The van der Waals surface area contributed by atoms with Crippen LogP contribution in [0.4, 0.5) is 4.79 Å². The summed E-state index contributed by atoms with van der Waals surface area (Å²) in [5.41, 5.74) is -3.24. The average Bonchev–Trinajstić information content (AvgIpc) is 3.98. The molecule has 3 fully saturated rings. The lowest BCUT2D eigenvalue weighted by atomic mass is 9.85. The second-order valence-electron chi connectivity index (χ2n) is 15.7. The second kappa shape index (κ2) is 14.1. The van der Waals surface area contributed by atoms with E-state index in [0.29, 0.717) is 35.1 Å². The van der Waals surface area contributed by atoms with Gasteiger partial charge < -0.3 is 34.5 Å². The first-order valence-corrected chi connectivity index (χ1v) is 18.8. The first-order chi connectivity index (χ1) is 24.2. The normalized spacial score (nSPS) is 23.6. The van der Waals surface area contributed by atoms with E-state index in [0.717, 1.165) is 0 Å². The largest absolute Gasteiger partial charge is 0.497 e. The van der Waals surface area contributed by atoms with Gasteiger partial charge in [0.2, 0.25) is 27.7 Å². The van der Waals surface area contributed by atoms with Crippen molar-refractivity contribution >= 4 is 44.6 Å². The van der Waals surface area contributed by atoms with Crippen molar-refractivity contribution in [1.82, 2.24) is 25.2 Å². The summed E-state index contributed by atoms with van der Waals surface area (Å²) in [5.74, 6) is -1.36. The molecule has 3 N–H and O–H groups in total. The Labute approximate surface area is 304 Å². The van der Waals surface area contributed by atoms with E-state index in [1.807, 2.05) is 0 Å². The van der Waals surface area contributed by atoms with E-state index in [1.54, 1.807) is 66.9 Å². The number of hydrogen-bond acceptors (Lipinski definition) is 11. The van der Waals surface area contributed by atoms with Crippen molar-refractivity contribution < 1.29 is 46.5 Å². The molecule has 1 aromatic carbocycles. The summed E-state index contributed by atoms with van der Waals surface area (Å²) >= 11 is 0. The van der Waals surface area contributed by atoms with Gasteiger partial charge in [-0.25, -0.2) is 18.2 Å². The number of alkyl carbamates (subject to hydrolysis) is 1. The number of hydrogen-bond donors (Lipinski definition) is 3. The van der Waals surface area contributed by atoms with Crippen LogP contribution in [0.3, 0.4) is 0 Å². The van der Waals surface area contributed by atoms with Gasteiger partial charge in [-0.05, 0) is 63.6 Å². The maximum atomic E-state index is 14.5. The Kier molecular flexibility index (Phi) is 10.5. The number of benzene rings is 1. The molecule has 5 rings (SSSR count). The van der Waals surface area contributed by atoms with E-state index in [-0.39, 0.29) is 25.3 Å². The summed E-state index contributed by atoms with van der Waals surface area (Å²) in [6.07, 6.45) is 2.44. The Balaban J connectivity index is 1.47. The molecule has 15 nitrogen and oxygen atoms in total. The lowest BCUT2D eigenvalue weighted by Crippen LogP contribution is -2.60. The number of rotatable bonds is 12. The van der Waals surface area contributed by atoms with Crippen molar-refractivity contribution in [3.63, 3.8) is 0 Å². The van der Waals surface area contributed by atoms with Crippen molar-refractivity contribution in [2.45, 2.75) is 102 Å². The zero-order valence-electron chi connectivity index (χ0n) is 30.9. The minimum Gasteiger partial charge on any atom is -0.497 e. The van der Waals surface area contributed by atoms with Crippen LogP contribution in [0.5, 0.6) is 17.4 Å². The number of methoxy groups -OCH3 is 2. The maximum Gasteiger partial charge on any atom is 0.408 e. The van der Waals surface area contributed by atoms with Crippen LogP contribution in [0.15, 0.2) is 37.1 Å². The van der Waals surface area contributed by atoms with Crippen LogP contribution in [0.25, 0.3) is 10.8 Å². The molecule has 3 aliphatic rings. The SMILES string of the molecule is C=C[C@@H]1C[C@]1(NC(=O)[C@@H]1C[C@@H](Oc2ncc(OC)c3cc(OC)ccc23)CN1C(=O)[C@@H](NC(=O)OC(C)(C)C)C(C)(C)C)C(=O)NS(=O)(=O)C1CC1. The molecular weight excluding hydrogens is 694 g/mol. The fraction of sp³-hybridized carbons (Fsp3) is 0.583. The van der Waals surface area contributed by atoms with Crippen molar-refractivity contribution in [2.24, 2.45) is 11.3 Å². The third-order valence-corrected chi connectivity index (χ3v) is 11.2. The Morgan fingerprint density at radius 1 is 1.06 bits per heavy atom. The molecule has 16 heteroatoms. The standard InChI is InChI=1S/C36H49N5O10S/c1-10-20-17-36(20,32(44)40-52(46,47)23-12-13-23)39-29(42)26-16-22(50-30-24-14-11-21(48-8)15-25(24)27(49-9)18-37-30)19-41(26)31(43)28(34(2,3)4)38-33(45)51-35(5,6)7/h10-11,14-15,18,20,22-23,26,28H,1,12-13,16-17,19H2,2-9H3,(H,38,45)(H,39,42)(H,40,44)/t20-,22-,26+,28-,36-/m1/s1. The number of fused-ring (bicyclic) bond motifs is 1. The summed E-state index contributed by atoms with van der Waals surface area (Å²) in [6.45, 7) is 14.1. The van der Waals surface area contributed by atoms with Crippen molar-refractivity contribution in [1.29, 1.82) is 0 Å². The van der Waals surface area contributed by atoms with Gasteiger partial charge in [0.25, 0.3) is 5.91 Å². The first-order valence-electron chi connectivity index (χ1n) is 17.2. The smallest absolute Gasteiger partial charge is 0.408 e. The number of ether oxygens (including phenoxy) is 4. The van der Waals surface area contributed by atoms with Crippen LogP contribution in [0.2, 0.25) is 0 Å². The molecule has 1 aliphatic heterocycles. The van der Waals surface area contributed by atoms with E-state index in [9.17, 15) is 27.6 Å². The monoisotopic (exact) mass is 743 g/mol. The van der Waals surface area contributed by atoms with Gasteiger partial charge in [-0.1, -0.05) is 26.8 Å². The number of pyridine rings is 1. The quantitative estimate of drug-likeness (QED) is 0.271. The molecule has 2 heterocycles. The minimum absolute atomic E-state index is 0.0109. The molecule has 0 radical (unpaired) electrons. The Morgan fingerprint density at radius 3 is 2.31 bits per heavy atom. The number of likely N-dealkylation sites (tertiary alicyclic amines) is 1. The van der Waals surface area contributed by atoms with Crippen molar-refractivity contribution in [2.75, 3.05) is 20.8 Å². The van der Waals surface area contributed by atoms with Crippen LogP contribution in [-0.2, 0) is 29.1 Å². The van der Waals surface area contributed by atoms with Gasteiger partial charge in [0.15, 0.2) is 0 Å². The third-order valence-electron chi connectivity index (χ3n) is 9.39. The number of sulfonamides is 1. The Bertz CT molecular complexity index is 1870. The van der Waals surface area contributed by atoms with Gasteiger partial charge in [0.05, 0.1) is 32.2 Å². The van der Waals surface area contributed by atoms with E-state index < -0.39 is 79.7 Å². The van der Waals surface area contributed by atoms with E-state index in [4.69, 9.17) is 18.9 Å². The summed E-state index contributed by atoms with van der Waals surface area (Å²) in [5, 5.41) is 6.08. The molecule has 52 heavy (non-hydrogen) atoms. The van der Waals surface area contributed by atoms with Crippen molar-refractivity contribution in [3.05, 3.63) is 37.1 Å². The zero-order chi connectivity index (χ0) is 38.4. The molecule has 0 bridgehead atoms. The lowest BCUT2D eigenvalue weighted by molar-refractivity contribution is -0.143. The predicted octanol–water partition coefficient (Wildman–Crippen LogP) is 3.21. The molecule has 2 saturated carbocycles. The molecule has 0 unspecified atom stereocenters. The van der Waals surface area contributed by atoms with Crippen molar-refractivity contribution in [3.8, 4) is 17.4 Å². The van der Waals surface area contributed by atoms with Gasteiger partial charge in [-0.2, -0.15) is 0 Å². The van der Waals surface area contributed by atoms with E-state index in [1.165, 1.54) is 24.3 Å². The number of amides is 4. The number of nitrogens with zero attached hydrogens (tertiary/aromatic N) is 2.